The zero-order valence-corrected chi connectivity index (χ0v) is 23.4. The van der Waals surface area contributed by atoms with Crippen molar-refractivity contribution in [2.75, 3.05) is 50.2 Å². The lowest BCUT2D eigenvalue weighted by molar-refractivity contribution is -0.121. The second kappa shape index (κ2) is 11.2. The van der Waals surface area contributed by atoms with Crippen LogP contribution in [0.3, 0.4) is 0 Å². The molecule has 3 aliphatic heterocycles. The van der Waals surface area contributed by atoms with E-state index in [-0.39, 0.29) is 24.6 Å². The number of nitrogens with one attached hydrogen (secondary N) is 1. The Hall–Kier alpha value is -3.46. The Kier molecular flexibility index (Phi) is 7.49. The molecule has 3 heterocycles. The number of rotatable bonds is 8. The third-order valence-electron chi connectivity index (χ3n) is 8.92. The third kappa shape index (κ3) is 4.54. The van der Waals surface area contributed by atoms with Crippen LogP contribution in [0.4, 0.5) is 16.2 Å². The van der Waals surface area contributed by atoms with Gasteiger partial charge in [0, 0.05) is 42.5 Å². The second-order valence-corrected chi connectivity index (χ2v) is 11.4. The van der Waals surface area contributed by atoms with Gasteiger partial charge in [-0.25, -0.2) is 4.79 Å². The van der Waals surface area contributed by atoms with Crippen molar-refractivity contribution in [2.24, 2.45) is 5.73 Å². The van der Waals surface area contributed by atoms with Crippen molar-refractivity contribution in [3.8, 4) is 17.2 Å². The molecule has 1 spiro atoms. The number of nitrogens with zero attached hydrogens (tertiary/aromatic N) is 2. The minimum Gasteiger partial charge on any atom is -0.491 e. The van der Waals surface area contributed by atoms with Crippen LogP contribution in [0, 0.1) is 0 Å². The van der Waals surface area contributed by atoms with Crippen LogP contribution in [0.15, 0.2) is 30.3 Å². The molecule has 1 fully saturated rings. The highest BCUT2D eigenvalue weighted by Gasteiger charge is 2.58. The quantitative estimate of drug-likeness (QED) is 0.459. The van der Waals surface area contributed by atoms with Crippen LogP contribution in [0.2, 0.25) is 0 Å². The number of amides is 3. The van der Waals surface area contributed by atoms with E-state index in [1.165, 1.54) is 6.42 Å². The van der Waals surface area contributed by atoms with Crippen molar-refractivity contribution in [1.29, 1.82) is 0 Å². The predicted molar refractivity (Wildman–Crippen MR) is 154 cm³/mol. The number of anilines is 2. The average molecular weight is 549 g/mol. The number of carbonyl (C=O) groups is 2. The lowest BCUT2D eigenvalue weighted by Crippen LogP contribution is -2.45. The van der Waals surface area contributed by atoms with E-state index in [1.54, 1.807) is 11.9 Å². The van der Waals surface area contributed by atoms with Crippen LogP contribution < -0.4 is 30.2 Å². The minimum atomic E-state index is -1.07. The van der Waals surface area contributed by atoms with Crippen molar-refractivity contribution >= 4 is 23.3 Å². The molecule has 214 valence electrons. The Bertz CT molecular complexity index is 1280. The number of hydrogen-bond acceptors (Lipinski definition) is 6. The molecule has 40 heavy (non-hydrogen) atoms. The summed E-state index contributed by atoms with van der Waals surface area (Å²) in [5, 5.41) is 3.25. The highest BCUT2D eigenvalue weighted by molar-refractivity contribution is 6.13. The fourth-order valence-corrected chi connectivity index (χ4v) is 6.86. The van der Waals surface area contributed by atoms with Crippen LogP contribution in [-0.2, 0) is 10.2 Å². The molecule has 2 aromatic carbocycles. The van der Waals surface area contributed by atoms with Gasteiger partial charge in [0.25, 0.3) is 0 Å². The van der Waals surface area contributed by atoms with Crippen molar-refractivity contribution < 1.29 is 23.8 Å². The second-order valence-electron chi connectivity index (χ2n) is 11.4. The van der Waals surface area contributed by atoms with Gasteiger partial charge in [-0.15, -0.1) is 0 Å². The Labute approximate surface area is 235 Å². The van der Waals surface area contributed by atoms with Gasteiger partial charge in [-0.2, -0.15) is 0 Å². The summed E-state index contributed by atoms with van der Waals surface area (Å²) in [7, 11) is 1.78. The number of hydrogen-bond donors (Lipinski definition) is 2. The lowest BCUT2D eigenvalue weighted by Gasteiger charge is -2.35. The molecule has 1 unspecified atom stereocenters. The first-order valence-electron chi connectivity index (χ1n) is 14.8. The number of likely N-dealkylation sites (N-methyl/N-ethyl adjacent to an activating group) is 1. The number of unbranched alkanes of at least 4 members (excludes halogenated alkanes) is 3. The molecular formula is C31H40N4O5. The zero-order chi connectivity index (χ0) is 27.7. The standard InChI is InChI=1S/C31H40N4O5/c1-34-24-13-9-12-23(33-30(37)35(15-8-3-2-7-14-32)21-10-5-4-6-11-21)28(24)31(29(34)36)20-40-25-19-27-26(18-22(25)31)38-16-17-39-27/h9,12-13,18-19,21H,2-8,10-11,14-17,20,32H2,1H3,(H,33,37). The molecule has 3 amide bonds. The number of carbonyl (C=O) groups excluding carboxylic acids is 2. The SMILES string of the molecule is CN1C(=O)C2(COc3cc4c(cc32)OCCO4)c2c(NC(=O)N(CCCCCCN)C3CCCCC3)cccc21. The Balaban J connectivity index is 1.33. The summed E-state index contributed by atoms with van der Waals surface area (Å²) in [5.41, 5.74) is 7.55. The number of urea groups is 1. The summed E-state index contributed by atoms with van der Waals surface area (Å²) >= 11 is 0. The first-order valence-corrected chi connectivity index (χ1v) is 14.8. The molecule has 9 nitrogen and oxygen atoms in total. The molecule has 2 aromatic rings. The third-order valence-corrected chi connectivity index (χ3v) is 8.92. The molecule has 0 bridgehead atoms. The zero-order valence-electron chi connectivity index (χ0n) is 23.4. The van der Waals surface area contributed by atoms with Gasteiger partial charge >= 0.3 is 6.03 Å². The smallest absolute Gasteiger partial charge is 0.322 e. The van der Waals surface area contributed by atoms with Gasteiger partial charge in [-0.3, -0.25) is 4.79 Å². The summed E-state index contributed by atoms with van der Waals surface area (Å²) < 4.78 is 17.8. The molecule has 0 radical (unpaired) electrons. The summed E-state index contributed by atoms with van der Waals surface area (Å²) in [6.07, 6.45) is 9.69. The summed E-state index contributed by atoms with van der Waals surface area (Å²) in [6, 6.07) is 9.57. The van der Waals surface area contributed by atoms with E-state index in [9.17, 15) is 9.59 Å². The fraction of sp³-hybridized carbons (Fsp3) is 0.548. The van der Waals surface area contributed by atoms with Gasteiger partial charge in [0.05, 0.1) is 5.69 Å². The normalized spacial score (nSPS) is 21.2. The van der Waals surface area contributed by atoms with E-state index in [0.717, 1.165) is 74.7 Å². The number of fused-ring (bicyclic) bond motifs is 5. The molecule has 0 aromatic heterocycles. The summed E-state index contributed by atoms with van der Waals surface area (Å²) in [5.74, 6) is 1.76. The highest BCUT2D eigenvalue weighted by Crippen LogP contribution is 2.56. The maximum absolute atomic E-state index is 14.0. The van der Waals surface area contributed by atoms with E-state index in [0.29, 0.717) is 42.7 Å². The molecule has 6 rings (SSSR count). The molecular weight excluding hydrogens is 508 g/mol. The first-order chi connectivity index (χ1) is 19.5. The van der Waals surface area contributed by atoms with E-state index < -0.39 is 5.41 Å². The van der Waals surface area contributed by atoms with Crippen LogP contribution in [0.25, 0.3) is 0 Å². The van der Waals surface area contributed by atoms with Crippen molar-refractivity contribution in [1.82, 2.24) is 4.90 Å². The monoisotopic (exact) mass is 548 g/mol. The highest BCUT2D eigenvalue weighted by atomic mass is 16.6. The molecule has 1 atom stereocenters. The Morgan fingerprint density at radius 3 is 2.55 bits per heavy atom. The maximum atomic E-state index is 14.0. The summed E-state index contributed by atoms with van der Waals surface area (Å²) in [6.45, 7) is 2.50. The molecule has 1 aliphatic carbocycles. The van der Waals surface area contributed by atoms with Gasteiger partial charge in [0.2, 0.25) is 5.91 Å². The van der Waals surface area contributed by atoms with Crippen molar-refractivity contribution in [2.45, 2.75) is 69.2 Å². The van der Waals surface area contributed by atoms with Gasteiger partial charge in [0.1, 0.15) is 31.0 Å². The number of ether oxygens (including phenoxy) is 3. The maximum Gasteiger partial charge on any atom is 0.322 e. The Morgan fingerprint density at radius 2 is 1.77 bits per heavy atom. The first kappa shape index (κ1) is 26.7. The summed E-state index contributed by atoms with van der Waals surface area (Å²) in [4.78, 5) is 31.7. The molecule has 0 saturated heterocycles. The number of benzene rings is 2. The molecule has 4 aliphatic rings. The average Bonchev–Trinajstić information content (AvgIpc) is 3.45. The van der Waals surface area contributed by atoms with E-state index in [2.05, 4.69) is 5.32 Å². The molecule has 3 N–H and O–H groups in total. The largest absolute Gasteiger partial charge is 0.491 e. The fourth-order valence-electron chi connectivity index (χ4n) is 6.86. The van der Waals surface area contributed by atoms with E-state index >= 15 is 0 Å². The van der Waals surface area contributed by atoms with Crippen molar-refractivity contribution in [3.05, 3.63) is 41.5 Å². The van der Waals surface area contributed by atoms with E-state index in [4.69, 9.17) is 19.9 Å². The molecule has 9 heteroatoms. The van der Waals surface area contributed by atoms with Gasteiger partial charge in [-0.1, -0.05) is 38.2 Å². The Morgan fingerprint density at radius 1 is 1.02 bits per heavy atom. The minimum absolute atomic E-state index is 0.0799. The lowest BCUT2D eigenvalue weighted by atomic mass is 9.76. The van der Waals surface area contributed by atoms with Crippen LogP contribution >= 0.6 is 0 Å². The van der Waals surface area contributed by atoms with Crippen LogP contribution in [0.1, 0.15) is 68.9 Å². The van der Waals surface area contributed by atoms with Gasteiger partial charge in [-0.05, 0) is 50.4 Å². The van der Waals surface area contributed by atoms with E-state index in [1.807, 2.05) is 35.2 Å². The molecule has 1 saturated carbocycles. The van der Waals surface area contributed by atoms with Crippen LogP contribution in [-0.4, -0.2) is 62.8 Å². The predicted octanol–water partition coefficient (Wildman–Crippen LogP) is 4.80. The van der Waals surface area contributed by atoms with Crippen LogP contribution in [0.5, 0.6) is 17.2 Å². The van der Waals surface area contributed by atoms with Gasteiger partial charge < -0.3 is 35.1 Å². The van der Waals surface area contributed by atoms with Crippen molar-refractivity contribution in [3.63, 3.8) is 0 Å². The number of nitrogens with two attached hydrogens (primary N) is 1. The topological polar surface area (TPSA) is 106 Å². The van der Waals surface area contributed by atoms with Gasteiger partial charge in [0.15, 0.2) is 11.5 Å².